The molecule has 2 fully saturated rings. The number of anilines is 1. The molecule has 44 heavy (non-hydrogen) atoms. The van der Waals surface area contributed by atoms with Gasteiger partial charge in [0, 0.05) is 46.0 Å². The van der Waals surface area contributed by atoms with Crippen molar-refractivity contribution >= 4 is 11.8 Å². The Morgan fingerprint density at radius 1 is 1.00 bits per heavy atom. The Morgan fingerprint density at radius 2 is 1.75 bits per heavy atom. The first kappa shape index (κ1) is 32.3. The van der Waals surface area contributed by atoms with E-state index < -0.39 is 23.9 Å². The monoisotopic (exact) mass is 614 g/mol. The zero-order valence-corrected chi connectivity index (χ0v) is 25.8. The highest BCUT2D eigenvalue weighted by Gasteiger charge is 2.41. The normalized spacial score (nSPS) is 23.1. The second-order valence-corrected chi connectivity index (χ2v) is 11.8. The molecule has 0 aliphatic carbocycles. The summed E-state index contributed by atoms with van der Waals surface area (Å²) in [7, 11) is 3.34. The molecule has 0 bridgehead atoms. The Kier molecular flexibility index (Phi) is 11.2. The molecule has 0 aromatic heterocycles. The lowest BCUT2D eigenvalue weighted by Crippen LogP contribution is -2.54. The summed E-state index contributed by atoms with van der Waals surface area (Å²) in [4.78, 5) is 15.9. The summed E-state index contributed by atoms with van der Waals surface area (Å²) in [5.74, 6) is 1.36. The molecule has 0 spiro atoms. The fraction of sp³-hybridized carbons (Fsp3) is 0.606. The minimum atomic E-state index is -1.01. The predicted molar refractivity (Wildman–Crippen MR) is 164 cm³/mol. The van der Waals surface area contributed by atoms with Crippen LogP contribution in [-0.2, 0) is 25.6 Å². The third-order valence-corrected chi connectivity index (χ3v) is 8.92. The summed E-state index contributed by atoms with van der Waals surface area (Å²) in [5.41, 5.74) is 2.16. The largest absolute Gasteiger partial charge is 0.497 e. The van der Waals surface area contributed by atoms with E-state index in [0.717, 1.165) is 47.8 Å². The fourth-order valence-electron chi connectivity index (χ4n) is 6.34. The van der Waals surface area contributed by atoms with Crippen LogP contribution in [0.5, 0.6) is 11.5 Å². The lowest BCUT2D eigenvalue weighted by molar-refractivity contribution is -0.112. The average Bonchev–Trinajstić information content (AvgIpc) is 3.04. The number of carboxylic acid groups (broad SMARTS) is 1. The van der Waals surface area contributed by atoms with Crippen LogP contribution in [0.4, 0.5) is 10.5 Å². The van der Waals surface area contributed by atoms with Crippen molar-refractivity contribution in [3.05, 3.63) is 53.6 Å². The van der Waals surface area contributed by atoms with E-state index >= 15 is 0 Å². The van der Waals surface area contributed by atoms with Crippen molar-refractivity contribution in [2.75, 3.05) is 78.3 Å². The van der Waals surface area contributed by atoms with Gasteiger partial charge in [0.1, 0.15) is 18.1 Å². The second kappa shape index (κ2) is 15.3. The highest BCUT2D eigenvalue weighted by Crippen LogP contribution is 2.37. The number of piperidine rings is 1. The smallest absolute Gasteiger partial charge is 0.407 e. The molecule has 3 aliphatic heterocycles. The van der Waals surface area contributed by atoms with Gasteiger partial charge in [-0.1, -0.05) is 18.2 Å². The number of hydrogen-bond donors (Lipinski definition) is 2. The van der Waals surface area contributed by atoms with Crippen molar-refractivity contribution < 1.29 is 43.4 Å². The SMILES string of the molecule is COCCCN1CCOc2ccc(CO[C@H]3CN(C(=O)O)C[C@@H](OCCC4(O)CCOCC4)[C@@H]3c3ccc(OC)cc3)cc21. The van der Waals surface area contributed by atoms with E-state index in [1.807, 2.05) is 36.4 Å². The van der Waals surface area contributed by atoms with Gasteiger partial charge >= 0.3 is 6.09 Å². The molecule has 3 heterocycles. The molecule has 3 aliphatic rings. The molecular weight excluding hydrogens is 568 g/mol. The van der Waals surface area contributed by atoms with Crippen LogP contribution >= 0.6 is 0 Å². The molecule has 1 amide bonds. The van der Waals surface area contributed by atoms with Gasteiger partial charge in [0.05, 0.1) is 56.8 Å². The van der Waals surface area contributed by atoms with E-state index in [4.69, 9.17) is 28.4 Å². The van der Waals surface area contributed by atoms with Crippen molar-refractivity contribution in [3.63, 3.8) is 0 Å². The standard InChI is InChI=1S/C33H46N2O9/c1-39-15-3-13-34-14-19-43-28-9-4-24(20-27(28)34)23-44-30-22-35(32(36)37)21-29(31(30)25-5-7-26(40-2)8-6-25)42-18-12-33(38)10-16-41-17-11-33/h4-9,20,29-31,38H,3,10-19,21-23H2,1-2H3,(H,36,37)/t29-,30+,31+/m1/s1. The van der Waals surface area contributed by atoms with Gasteiger partial charge in [0.15, 0.2) is 0 Å². The maximum absolute atomic E-state index is 12.2. The highest BCUT2D eigenvalue weighted by atomic mass is 16.5. The molecule has 2 aromatic carbocycles. The van der Waals surface area contributed by atoms with Gasteiger partial charge in [-0.3, -0.25) is 0 Å². The zero-order chi connectivity index (χ0) is 30.9. The van der Waals surface area contributed by atoms with Crippen molar-refractivity contribution in [2.45, 2.75) is 56.0 Å². The molecule has 11 heteroatoms. The van der Waals surface area contributed by atoms with Gasteiger partial charge in [0.2, 0.25) is 0 Å². The lowest BCUT2D eigenvalue weighted by Gasteiger charge is -2.43. The maximum Gasteiger partial charge on any atom is 0.407 e. The number of aliphatic hydroxyl groups is 1. The number of ether oxygens (including phenoxy) is 6. The summed E-state index contributed by atoms with van der Waals surface area (Å²) >= 11 is 0. The molecule has 2 saturated heterocycles. The topological polar surface area (TPSA) is 119 Å². The van der Waals surface area contributed by atoms with Crippen molar-refractivity contribution in [1.82, 2.24) is 4.90 Å². The van der Waals surface area contributed by atoms with Crippen LogP contribution < -0.4 is 14.4 Å². The minimum absolute atomic E-state index is 0.208. The molecule has 3 atom stereocenters. The molecular formula is C33H46N2O9. The van der Waals surface area contributed by atoms with Crippen molar-refractivity contribution in [3.8, 4) is 11.5 Å². The number of hydrogen-bond acceptors (Lipinski definition) is 9. The van der Waals surface area contributed by atoms with Crippen LogP contribution in [0.1, 0.15) is 42.7 Å². The first-order chi connectivity index (χ1) is 21.4. The van der Waals surface area contributed by atoms with E-state index in [1.165, 1.54) is 4.90 Å². The molecule has 0 saturated carbocycles. The Hall–Kier alpha value is -3.09. The summed E-state index contributed by atoms with van der Waals surface area (Å²) in [6.45, 7) is 5.08. The lowest BCUT2D eigenvalue weighted by atomic mass is 9.84. The number of methoxy groups -OCH3 is 2. The van der Waals surface area contributed by atoms with Gasteiger partial charge in [-0.15, -0.1) is 0 Å². The molecule has 0 unspecified atom stereocenters. The Labute approximate surface area is 259 Å². The third-order valence-electron chi connectivity index (χ3n) is 8.92. The molecule has 0 radical (unpaired) electrons. The summed E-state index contributed by atoms with van der Waals surface area (Å²) in [6, 6.07) is 13.9. The maximum atomic E-state index is 12.2. The van der Waals surface area contributed by atoms with Crippen molar-refractivity contribution in [2.24, 2.45) is 0 Å². The van der Waals surface area contributed by atoms with Crippen LogP contribution in [0.15, 0.2) is 42.5 Å². The Morgan fingerprint density at radius 3 is 2.45 bits per heavy atom. The van der Waals surface area contributed by atoms with Gasteiger partial charge in [-0.2, -0.15) is 0 Å². The molecule has 2 N–H and O–H groups in total. The van der Waals surface area contributed by atoms with Crippen molar-refractivity contribution in [1.29, 1.82) is 0 Å². The van der Waals surface area contributed by atoms with Gasteiger partial charge in [0.25, 0.3) is 0 Å². The molecule has 11 nitrogen and oxygen atoms in total. The van der Waals surface area contributed by atoms with Crippen LogP contribution in [-0.4, -0.2) is 112 Å². The van der Waals surface area contributed by atoms with E-state index in [-0.39, 0.29) is 19.0 Å². The highest BCUT2D eigenvalue weighted by molar-refractivity contribution is 5.65. The summed E-state index contributed by atoms with van der Waals surface area (Å²) in [6.07, 6.45) is 0.556. The zero-order valence-electron chi connectivity index (χ0n) is 25.8. The Balaban J connectivity index is 1.34. The van der Waals surface area contributed by atoms with Crippen LogP contribution in [0.25, 0.3) is 0 Å². The van der Waals surface area contributed by atoms with Gasteiger partial charge < -0.3 is 48.4 Å². The summed E-state index contributed by atoms with van der Waals surface area (Å²) in [5, 5.41) is 21.0. The quantitative estimate of drug-likeness (QED) is 0.322. The number of rotatable bonds is 13. The van der Waals surface area contributed by atoms with Gasteiger partial charge in [-0.05, 0) is 61.1 Å². The van der Waals surface area contributed by atoms with Crippen LogP contribution in [0.2, 0.25) is 0 Å². The van der Waals surface area contributed by atoms with E-state index in [1.54, 1.807) is 14.2 Å². The Bertz CT molecular complexity index is 1200. The molecule has 5 rings (SSSR count). The van der Waals surface area contributed by atoms with Crippen LogP contribution in [0.3, 0.4) is 0 Å². The number of fused-ring (bicyclic) bond motifs is 1. The first-order valence-corrected chi connectivity index (χ1v) is 15.5. The number of benzene rings is 2. The van der Waals surface area contributed by atoms with Crippen LogP contribution in [0, 0.1) is 0 Å². The minimum Gasteiger partial charge on any atom is -0.497 e. The first-order valence-electron chi connectivity index (χ1n) is 15.5. The summed E-state index contributed by atoms with van der Waals surface area (Å²) < 4.78 is 35.0. The number of carbonyl (C=O) groups is 1. The molecule has 2 aromatic rings. The van der Waals surface area contributed by atoms with E-state index in [2.05, 4.69) is 11.0 Å². The third kappa shape index (κ3) is 8.13. The second-order valence-electron chi connectivity index (χ2n) is 11.8. The number of amides is 1. The van der Waals surface area contributed by atoms with E-state index in [0.29, 0.717) is 58.9 Å². The molecule has 242 valence electrons. The predicted octanol–water partition coefficient (Wildman–Crippen LogP) is 3.91. The number of nitrogens with zero attached hydrogens (tertiary/aromatic N) is 2. The number of likely N-dealkylation sites (tertiary alicyclic amines) is 1. The van der Waals surface area contributed by atoms with E-state index in [9.17, 15) is 15.0 Å². The fourth-order valence-corrected chi connectivity index (χ4v) is 6.34. The average molecular weight is 615 g/mol. The van der Waals surface area contributed by atoms with Gasteiger partial charge in [-0.25, -0.2) is 4.79 Å².